The maximum absolute atomic E-state index is 4.60. The minimum atomic E-state index is 0.983. The molecule has 3 aromatic rings. The summed E-state index contributed by atoms with van der Waals surface area (Å²) in [5.41, 5.74) is 3.36. The highest BCUT2D eigenvalue weighted by Gasteiger charge is 2.00. The summed E-state index contributed by atoms with van der Waals surface area (Å²) in [6.45, 7) is 6.42. The Balaban J connectivity index is 1.78. The van der Waals surface area contributed by atoms with E-state index in [2.05, 4.69) is 90.5 Å². The first-order valence-corrected chi connectivity index (χ1v) is 8.18. The minimum absolute atomic E-state index is 0.983. The van der Waals surface area contributed by atoms with Gasteiger partial charge in [-0.25, -0.2) is 0 Å². The molecule has 0 radical (unpaired) electrons. The van der Waals surface area contributed by atoms with Crippen molar-refractivity contribution in [3.8, 4) is 0 Å². The summed E-state index contributed by atoms with van der Waals surface area (Å²) in [7, 11) is 0. The molecule has 0 saturated carbocycles. The molecule has 0 aliphatic carbocycles. The van der Waals surface area contributed by atoms with Gasteiger partial charge >= 0.3 is 0 Å². The van der Waals surface area contributed by atoms with Gasteiger partial charge in [-0.3, -0.25) is 4.99 Å². The molecule has 0 aliphatic heterocycles. The first-order valence-electron chi connectivity index (χ1n) is 8.18. The van der Waals surface area contributed by atoms with E-state index in [0.717, 1.165) is 24.3 Å². The fourth-order valence-corrected chi connectivity index (χ4v) is 2.77. The molecule has 0 saturated heterocycles. The van der Waals surface area contributed by atoms with Crippen LogP contribution in [0.3, 0.4) is 0 Å². The average Bonchev–Trinajstić information content (AvgIpc) is 2.62. The van der Waals surface area contributed by atoms with Crippen molar-refractivity contribution in [3.05, 3.63) is 72.3 Å². The normalized spacial score (nSPS) is 11.2. The minimum Gasteiger partial charge on any atom is -0.372 e. The molecule has 0 aliphatic rings. The lowest BCUT2D eigenvalue weighted by Gasteiger charge is -2.20. The Morgan fingerprint density at radius 3 is 2.22 bits per heavy atom. The zero-order valence-electron chi connectivity index (χ0n) is 13.7. The van der Waals surface area contributed by atoms with Crippen LogP contribution in [0.15, 0.2) is 71.7 Å². The van der Waals surface area contributed by atoms with Crippen LogP contribution in [0, 0.1) is 0 Å². The summed E-state index contributed by atoms with van der Waals surface area (Å²) >= 11 is 0. The molecule has 0 aromatic heterocycles. The first kappa shape index (κ1) is 15.3. The molecule has 2 heteroatoms. The second-order valence-corrected chi connectivity index (χ2v) is 5.55. The zero-order chi connectivity index (χ0) is 16.1. The monoisotopic (exact) mass is 302 g/mol. The number of nitrogens with zero attached hydrogens (tertiary/aromatic N) is 2. The Morgan fingerprint density at radius 1 is 0.826 bits per heavy atom. The van der Waals surface area contributed by atoms with Gasteiger partial charge in [-0.15, -0.1) is 0 Å². The van der Waals surface area contributed by atoms with Crippen molar-refractivity contribution in [1.82, 2.24) is 0 Å². The molecule has 3 aromatic carbocycles. The summed E-state index contributed by atoms with van der Waals surface area (Å²) in [5.74, 6) is 0. The van der Waals surface area contributed by atoms with Gasteiger partial charge in [-0.1, -0.05) is 42.5 Å². The third kappa shape index (κ3) is 3.59. The number of benzene rings is 3. The van der Waals surface area contributed by atoms with E-state index in [-0.39, 0.29) is 0 Å². The van der Waals surface area contributed by atoms with Crippen LogP contribution in [-0.4, -0.2) is 19.3 Å². The predicted molar refractivity (Wildman–Crippen MR) is 101 cm³/mol. The Morgan fingerprint density at radius 2 is 1.52 bits per heavy atom. The average molecular weight is 302 g/mol. The van der Waals surface area contributed by atoms with E-state index in [1.807, 2.05) is 6.21 Å². The van der Waals surface area contributed by atoms with Crippen molar-refractivity contribution < 1.29 is 0 Å². The molecular formula is C21H22N2. The molecule has 0 fully saturated rings. The molecule has 2 nitrogen and oxygen atoms in total. The van der Waals surface area contributed by atoms with Crippen molar-refractivity contribution in [3.63, 3.8) is 0 Å². The van der Waals surface area contributed by atoms with Crippen LogP contribution in [-0.2, 0) is 0 Å². The Hall–Kier alpha value is -2.61. The van der Waals surface area contributed by atoms with Crippen molar-refractivity contribution in [2.24, 2.45) is 4.99 Å². The largest absolute Gasteiger partial charge is 0.372 e. The third-order valence-electron chi connectivity index (χ3n) is 4.12. The number of aliphatic imine (C=N–C) groups is 1. The van der Waals surface area contributed by atoms with Crippen LogP contribution in [0.5, 0.6) is 0 Å². The van der Waals surface area contributed by atoms with Gasteiger partial charge in [0.15, 0.2) is 0 Å². The van der Waals surface area contributed by atoms with Gasteiger partial charge in [0.25, 0.3) is 0 Å². The smallest absolute Gasteiger partial charge is 0.0636 e. The molecule has 0 unspecified atom stereocenters. The van der Waals surface area contributed by atoms with E-state index >= 15 is 0 Å². The second kappa shape index (κ2) is 7.10. The lowest BCUT2D eigenvalue weighted by Crippen LogP contribution is -2.21. The topological polar surface area (TPSA) is 15.6 Å². The van der Waals surface area contributed by atoms with Crippen molar-refractivity contribution in [2.75, 3.05) is 18.0 Å². The van der Waals surface area contributed by atoms with Gasteiger partial charge in [0.2, 0.25) is 0 Å². The molecular weight excluding hydrogens is 280 g/mol. The van der Waals surface area contributed by atoms with Gasteiger partial charge in [0.05, 0.1) is 5.69 Å². The zero-order valence-corrected chi connectivity index (χ0v) is 13.7. The molecule has 3 rings (SSSR count). The fraction of sp³-hybridized carbons (Fsp3) is 0.190. The Kier molecular flexibility index (Phi) is 4.72. The lowest BCUT2D eigenvalue weighted by molar-refractivity contribution is 0.866. The summed E-state index contributed by atoms with van der Waals surface area (Å²) in [6.07, 6.45) is 1.93. The maximum atomic E-state index is 4.60. The second-order valence-electron chi connectivity index (χ2n) is 5.55. The molecule has 0 heterocycles. The molecule has 0 amide bonds. The van der Waals surface area contributed by atoms with Gasteiger partial charge in [-0.2, -0.15) is 0 Å². The fourth-order valence-electron chi connectivity index (χ4n) is 2.77. The third-order valence-corrected chi connectivity index (χ3v) is 4.12. The predicted octanol–water partition coefficient (Wildman–Crippen LogP) is 5.44. The van der Waals surface area contributed by atoms with Gasteiger partial charge in [0, 0.05) is 25.0 Å². The highest BCUT2D eigenvalue weighted by Crippen LogP contribution is 2.21. The highest BCUT2D eigenvalue weighted by atomic mass is 15.1. The van der Waals surface area contributed by atoms with Crippen molar-refractivity contribution >= 4 is 28.4 Å². The molecule has 0 spiro atoms. The highest BCUT2D eigenvalue weighted by molar-refractivity contribution is 5.87. The van der Waals surface area contributed by atoms with E-state index in [0.29, 0.717) is 0 Å². The SMILES string of the molecule is CCN(CC)c1ccc(C=Nc2ccc3ccccc3c2)cc1. The molecule has 0 atom stereocenters. The molecule has 0 N–H and O–H groups in total. The van der Waals surface area contributed by atoms with Gasteiger partial charge in [-0.05, 0) is 54.4 Å². The number of hydrogen-bond donors (Lipinski definition) is 0. The van der Waals surface area contributed by atoms with Crippen LogP contribution < -0.4 is 4.90 Å². The van der Waals surface area contributed by atoms with Gasteiger partial charge in [0.1, 0.15) is 0 Å². The lowest BCUT2D eigenvalue weighted by atomic mass is 10.1. The van der Waals surface area contributed by atoms with Crippen molar-refractivity contribution in [1.29, 1.82) is 0 Å². The van der Waals surface area contributed by atoms with E-state index < -0.39 is 0 Å². The number of hydrogen-bond acceptors (Lipinski definition) is 2. The van der Waals surface area contributed by atoms with Crippen LogP contribution in [0.2, 0.25) is 0 Å². The molecule has 116 valence electrons. The Bertz CT molecular complexity index is 799. The molecule has 23 heavy (non-hydrogen) atoms. The first-order chi connectivity index (χ1) is 11.3. The van der Waals surface area contributed by atoms with Crippen LogP contribution >= 0.6 is 0 Å². The van der Waals surface area contributed by atoms with Crippen molar-refractivity contribution in [2.45, 2.75) is 13.8 Å². The standard InChI is InChI=1S/C21H22N2/c1-3-23(4-2)21-13-9-17(10-14-21)16-22-20-12-11-18-7-5-6-8-19(18)15-20/h5-16H,3-4H2,1-2H3. The molecule has 0 bridgehead atoms. The Labute approximate surface area is 138 Å². The van der Waals surface area contributed by atoms with Crippen LogP contribution in [0.25, 0.3) is 10.8 Å². The van der Waals surface area contributed by atoms with Gasteiger partial charge < -0.3 is 4.90 Å². The summed E-state index contributed by atoms with van der Waals surface area (Å²) in [4.78, 5) is 6.94. The van der Waals surface area contributed by atoms with Crippen LogP contribution in [0.1, 0.15) is 19.4 Å². The van der Waals surface area contributed by atoms with E-state index in [1.165, 1.54) is 16.5 Å². The van der Waals surface area contributed by atoms with E-state index in [4.69, 9.17) is 0 Å². The number of rotatable bonds is 5. The quantitative estimate of drug-likeness (QED) is 0.573. The summed E-state index contributed by atoms with van der Waals surface area (Å²) in [6, 6.07) is 23.2. The van der Waals surface area contributed by atoms with E-state index in [1.54, 1.807) is 0 Å². The summed E-state index contributed by atoms with van der Waals surface area (Å²) < 4.78 is 0. The van der Waals surface area contributed by atoms with E-state index in [9.17, 15) is 0 Å². The maximum Gasteiger partial charge on any atom is 0.0636 e. The van der Waals surface area contributed by atoms with Crippen LogP contribution in [0.4, 0.5) is 11.4 Å². The summed E-state index contributed by atoms with van der Waals surface area (Å²) in [5, 5.41) is 2.47. The number of anilines is 1. The number of fused-ring (bicyclic) bond motifs is 1.